The quantitative estimate of drug-likeness (QED) is 0.424. The molecule has 0 aliphatic rings. The number of thiophene rings is 1. The van der Waals surface area contributed by atoms with Gasteiger partial charge >= 0.3 is 5.97 Å². The average Bonchev–Trinajstić information content (AvgIpc) is 3.31. The highest BCUT2D eigenvalue weighted by Gasteiger charge is 2.14. The number of esters is 1. The molecule has 2 heterocycles. The number of ether oxygens (including phenoxy) is 1. The van der Waals surface area contributed by atoms with Gasteiger partial charge in [-0.2, -0.15) is 4.99 Å². The van der Waals surface area contributed by atoms with Crippen molar-refractivity contribution in [3.8, 4) is 0 Å². The van der Waals surface area contributed by atoms with E-state index in [4.69, 9.17) is 9.88 Å². The molecule has 158 valence electrons. The molecule has 11 heteroatoms. The number of aromatic nitrogens is 1. The van der Waals surface area contributed by atoms with Crippen LogP contribution in [0, 0.1) is 0 Å². The number of hydrogen-bond donors (Lipinski definition) is 1. The standard InChI is InChI=1S/C19H19N3O5S3/c1-2-27-18(24)9-10-22-15-7-6-14(30(20,25)26)12-16(15)29-19(22)21-17(23)8-5-13-4-3-11-28-13/h3-8,11-12H,2,9-10H2,1H3,(H2,20,25,26)/b8-5+,21-19?. The number of nitrogens with two attached hydrogens (primary N) is 1. The number of carbonyl (C=O) groups is 2. The third-order valence-electron chi connectivity index (χ3n) is 3.97. The molecule has 0 bridgehead atoms. The van der Waals surface area contributed by atoms with Crippen molar-refractivity contribution in [3.63, 3.8) is 0 Å². The van der Waals surface area contributed by atoms with Crippen LogP contribution in [-0.4, -0.2) is 31.5 Å². The van der Waals surface area contributed by atoms with Gasteiger partial charge in [0.1, 0.15) is 0 Å². The smallest absolute Gasteiger partial charge is 0.307 e. The minimum atomic E-state index is -3.87. The number of carbonyl (C=O) groups excluding carboxylic acids is 2. The van der Waals surface area contributed by atoms with Gasteiger partial charge in [0.2, 0.25) is 10.0 Å². The average molecular weight is 466 g/mol. The van der Waals surface area contributed by atoms with Gasteiger partial charge in [0, 0.05) is 17.5 Å². The predicted octanol–water partition coefficient (Wildman–Crippen LogP) is 2.51. The Kier molecular flexibility index (Phi) is 6.98. The maximum atomic E-state index is 12.3. The second-order valence-corrected chi connectivity index (χ2v) is 9.61. The zero-order chi connectivity index (χ0) is 21.7. The summed E-state index contributed by atoms with van der Waals surface area (Å²) in [5.74, 6) is -0.841. The fourth-order valence-electron chi connectivity index (χ4n) is 2.64. The van der Waals surface area contributed by atoms with Gasteiger partial charge in [-0.25, -0.2) is 13.6 Å². The second-order valence-electron chi connectivity index (χ2n) is 6.06. The van der Waals surface area contributed by atoms with E-state index in [-0.39, 0.29) is 30.4 Å². The van der Waals surface area contributed by atoms with Gasteiger partial charge in [-0.1, -0.05) is 17.4 Å². The van der Waals surface area contributed by atoms with Crippen molar-refractivity contribution in [2.45, 2.75) is 24.8 Å². The van der Waals surface area contributed by atoms with Crippen LogP contribution in [0.15, 0.2) is 51.7 Å². The minimum absolute atomic E-state index is 0.0377. The van der Waals surface area contributed by atoms with Crippen LogP contribution in [0.1, 0.15) is 18.2 Å². The molecule has 2 N–H and O–H groups in total. The van der Waals surface area contributed by atoms with Crippen molar-refractivity contribution in [2.24, 2.45) is 10.1 Å². The Balaban J connectivity index is 2.02. The molecule has 0 unspecified atom stereocenters. The van der Waals surface area contributed by atoms with Gasteiger partial charge in [0.05, 0.1) is 28.1 Å². The summed E-state index contributed by atoms with van der Waals surface area (Å²) in [5.41, 5.74) is 0.644. The van der Waals surface area contributed by atoms with Crippen molar-refractivity contribution >= 4 is 60.9 Å². The van der Waals surface area contributed by atoms with Crippen molar-refractivity contribution in [3.05, 3.63) is 51.5 Å². The Labute approximate surface area is 181 Å². The molecule has 0 saturated carbocycles. The van der Waals surface area contributed by atoms with E-state index in [2.05, 4.69) is 4.99 Å². The molecule has 0 atom stereocenters. The third kappa shape index (κ3) is 5.51. The Hall–Kier alpha value is -2.60. The highest BCUT2D eigenvalue weighted by Crippen LogP contribution is 2.21. The Morgan fingerprint density at radius 2 is 2.10 bits per heavy atom. The molecule has 8 nitrogen and oxygen atoms in total. The van der Waals surface area contributed by atoms with Crippen LogP contribution in [0.4, 0.5) is 0 Å². The van der Waals surface area contributed by atoms with Crippen LogP contribution >= 0.6 is 22.7 Å². The molecule has 0 aliphatic carbocycles. The van der Waals surface area contributed by atoms with Crippen LogP contribution in [0.3, 0.4) is 0 Å². The first-order chi connectivity index (χ1) is 14.3. The zero-order valence-corrected chi connectivity index (χ0v) is 18.4. The summed E-state index contributed by atoms with van der Waals surface area (Å²) in [6.45, 7) is 2.22. The summed E-state index contributed by atoms with van der Waals surface area (Å²) in [7, 11) is -3.87. The highest BCUT2D eigenvalue weighted by molar-refractivity contribution is 7.89. The monoisotopic (exact) mass is 465 g/mol. The van der Waals surface area contributed by atoms with Gasteiger partial charge in [-0.15, -0.1) is 11.3 Å². The Morgan fingerprint density at radius 1 is 1.30 bits per heavy atom. The number of thiazole rings is 1. The molecule has 0 spiro atoms. The molecular weight excluding hydrogens is 446 g/mol. The number of nitrogens with zero attached hydrogens (tertiary/aromatic N) is 2. The highest BCUT2D eigenvalue weighted by atomic mass is 32.2. The van der Waals surface area contributed by atoms with E-state index in [0.717, 1.165) is 16.2 Å². The van der Waals surface area contributed by atoms with Crippen molar-refractivity contribution in [1.82, 2.24) is 4.57 Å². The molecule has 0 aliphatic heterocycles. The topological polar surface area (TPSA) is 121 Å². The third-order valence-corrected chi connectivity index (χ3v) is 6.76. The molecule has 30 heavy (non-hydrogen) atoms. The van der Waals surface area contributed by atoms with E-state index in [9.17, 15) is 18.0 Å². The lowest BCUT2D eigenvalue weighted by Gasteiger charge is -2.05. The largest absolute Gasteiger partial charge is 0.466 e. The van der Waals surface area contributed by atoms with E-state index < -0.39 is 15.9 Å². The van der Waals surface area contributed by atoms with E-state index in [1.807, 2.05) is 17.5 Å². The summed E-state index contributed by atoms with van der Waals surface area (Å²) in [6, 6.07) is 8.16. The molecule has 3 aromatic rings. The molecule has 1 amide bonds. The van der Waals surface area contributed by atoms with E-state index >= 15 is 0 Å². The number of primary sulfonamides is 1. The Morgan fingerprint density at radius 3 is 2.77 bits per heavy atom. The fraction of sp³-hybridized carbons (Fsp3) is 0.211. The van der Waals surface area contributed by atoms with Crippen LogP contribution in [0.5, 0.6) is 0 Å². The van der Waals surface area contributed by atoms with E-state index in [1.165, 1.54) is 29.5 Å². The van der Waals surface area contributed by atoms with Crippen molar-refractivity contribution in [2.75, 3.05) is 6.61 Å². The molecule has 3 rings (SSSR count). The maximum Gasteiger partial charge on any atom is 0.307 e. The molecule has 1 aromatic carbocycles. The fourth-order valence-corrected chi connectivity index (χ4v) is 4.97. The van der Waals surface area contributed by atoms with Crippen LogP contribution in [0.2, 0.25) is 0 Å². The number of amides is 1. The minimum Gasteiger partial charge on any atom is -0.466 e. The molecule has 0 saturated heterocycles. The van der Waals surface area contributed by atoms with Gasteiger partial charge in [0.25, 0.3) is 5.91 Å². The summed E-state index contributed by atoms with van der Waals surface area (Å²) >= 11 is 2.64. The van der Waals surface area contributed by atoms with E-state index in [1.54, 1.807) is 23.6 Å². The summed E-state index contributed by atoms with van der Waals surface area (Å²) in [5, 5.41) is 7.12. The molecular formula is C19H19N3O5S3. The number of rotatable bonds is 7. The molecule has 0 fully saturated rings. The normalized spacial score (nSPS) is 12.7. The first-order valence-electron chi connectivity index (χ1n) is 8.90. The summed E-state index contributed by atoms with van der Waals surface area (Å²) < 4.78 is 30.6. The second kappa shape index (κ2) is 9.47. The lowest BCUT2D eigenvalue weighted by atomic mass is 10.3. The SMILES string of the molecule is CCOC(=O)CCn1c(=NC(=O)/C=C/c2cccs2)sc2cc(S(N)(=O)=O)ccc21. The lowest BCUT2D eigenvalue weighted by molar-refractivity contribution is -0.143. The zero-order valence-electron chi connectivity index (χ0n) is 16.0. The van der Waals surface area contributed by atoms with Gasteiger partial charge in [0.15, 0.2) is 4.80 Å². The van der Waals surface area contributed by atoms with Crippen LogP contribution < -0.4 is 9.94 Å². The number of benzene rings is 1. The van der Waals surface area contributed by atoms with Gasteiger partial charge in [-0.3, -0.25) is 9.59 Å². The van der Waals surface area contributed by atoms with Gasteiger partial charge < -0.3 is 9.30 Å². The van der Waals surface area contributed by atoms with Crippen LogP contribution in [0.25, 0.3) is 16.3 Å². The summed E-state index contributed by atoms with van der Waals surface area (Å²) in [4.78, 5) is 29.5. The van der Waals surface area contributed by atoms with Crippen LogP contribution in [-0.2, 0) is 30.9 Å². The number of hydrogen-bond acceptors (Lipinski definition) is 7. The van der Waals surface area contributed by atoms with Crippen molar-refractivity contribution in [1.29, 1.82) is 0 Å². The first kappa shape index (κ1) is 22.1. The van der Waals surface area contributed by atoms with Crippen molar-refractivity contribution < 1.29 is 22.7 Å². The summed E-state index contributed by atoms with van der Waals surface area (Å²) in [6.07, 6.45) is 3.12. The molecule has 0 radical (unpaired) electrons. The lowest BCUT2D eigenvalue weighted by Crippen LogP contribution is -2.19. The molecule has 2 aromatic heterocycles. The number of fused-ring (bicyclic) bond motifs is 1. The number of aryl methyl sites for hydroxylation is 1. The Bertz CT molecular complexity index is 1270. The predicted molar refractivity (Wildman–Crippen MR) is 116 cm³/mol. The first-order valence-corrected chi connectivity index (χ1v) is 12.1. The van der Waals surface area contributed by atoms with E-state index in [0.29, 0.717) is 15.0 Å². The number of sulfonamides is 1. The van der Waals surface area contributed by atoms with Gasteiger partial charge in [-0.05, 0) is 42.6 Å². The maximum absolute atomic E-state index is 12.3.